The van der Waals surface area contributed by atoms with Crippen molar-refractivity contribution in [2.24, 2.45) is 5.73 Å². The average Bonchev–Trinajstić information content (AvgIpc) is 2.90. The summed E-state index contributed by atoms with van der Waals surface area (Å²) in [5, 5.41) is 8.57. The fraction of sp³-hybridized carbons (Fsp3) is 0.833. The monoisotopic (exact) mass is 222 g/mol. The van der Waals surface area contributed by atoms with E-state index in [9.17, 15) is 0 Å². The first-order valence-electron chi connectivity index (χ1n) is 6.39. The van der Waals surface area contributed by atoms with Crippen LogP contribution in [0.4, 0.5) is 0 Å². The quantitative estimate of drug-likeness (QED) is 0.849. The zero-order valence-corrected chi connectivity index (χ0v) is 10.3. The second-order valence-corrected chi connectivity index (χ2v) is 4.75. The molecule has 0 bridgehead atoms. The summed E-state index contributed by atoms with van der Waals surface area (Å²) in [6.45, 7) is 4.89. The summed E-state index contributed by atoms with van der Waals surface area (Å²) < 4.78 is 2.34. The van der Waals surface area contributed by atoms with Crippen molar-refractivity contribution in [1.29, 1.82) is 0 Å². The summed E-state index contributed by atoms with van der Waals surface area (Å²) in [7, 11) is 0. The van der Waals surface area contributed by atoms with Crippen molar-refractivity contribution >= 4 is 0 Å². The van der Waals surface area contributed by atoms with Crippen LogP contribution < -0.4 is 5.73 Å². The van der Waals surface area contributed by atoms with Crippen molar-refractivity contribution in [3.05, 3.63) is 11.6 Å². The fourth-order valence-corrected chi connectivity index (χ4v) is 2.73. The van der Waals surface area contributed by atoms with E-state index in [4.69, 9.17) is 5.73 Å². The van der Waals surface area contributed by atoms with Crippen molar-refractivity contribution in [1.82, 2.24) is 14.8 Å². The van der Waals surface area contributed by atoms with E-state index in [1.807, 2.05) is 0 Å². The van der Waals surface area contributed by atoms with E-state index in [0.29, 0.717) is 18.5 Å². The predicted molar refractivity (Wildman–Crippen MR) is 64.4 cm³/mol. The Labute approximate surface area is 97.2 Å². The number of nitrogens with zero attached hydrogens (tertiary/aromatic N) is 3. The second-order valence-electron chi connectivity index (χ2n) is 4.75. The summed E-state index contributed by atoms with van der Waals surface area (Å²) in [5.41, 5.74) is 5.81. The molecule has 2 rings (SSSR count). The summed E-state index contributed by atoms with van der Waals surface area (Å²) in [4.78, 5) is 0. The topological polar surface area (TPSA) is 56.7 Å². The van der Waals surface area contributed by atoms with E-state index in [1.165, 1.54) is 25.7 Å². The van der Waals surface area contributed by atoms with Crippen molar-refractivity contribution in [3.8, 4) is 0 Å². The van der Waals surface area contributed by atoms with Crippen LogP contribution >= 0.6 is 0 Å². The van der Waals surface area contributed by atoms with Gasteiger partial charge < -0.3 is 10.3 Å². The molecule has 1 aliphatic rings. The number of aromatic nitrogens is 3. The van der Waals surface area contributed by atoms with E-state index < -0.39 is 0 Å². The second kappa shape index (κ2) is 4.95. The Morgan fingerprint density at radius 2 is 2.06 bits per heavy atom. The van der Waals surface area contributed by atoms with Gasteiger partial charge in [0.25, 0.3) is 0 Å². The smallest absolute Gasteiger partial charge is 0.137 e. The van der Waals surface area contributed by atoms with Gasteiger partial charge >= 0.3 is 0 Å². The van der Waals surface area contributed by atoms with Crippen molar-refractivity contribution < 1.29 is 0 Å². The van der Waals surface area contributed by atoms with Crippen LogP contribution in [0.25, 0.3) is 0 Å². The minimum Gasteiger partial charge on any atom is -0.330 e. The van der Waals surface area contributed by atoms with Crippen LogP contribution in [0, 0.1) is 6.92 Å². The molecule has 0 spiro atoms. The zero-order chi connectivity index (χ0) is 11.5. The lowest BCUT2D eigenvalue weighted by Crippen LogP contribution is -2.19. The highest BCUT2D eigenvalue weighted by atomic mass is 15.3. The minimum atomic E-state index is 0.363. The zero-order valence-electron chi connectivity index (χ0n) is 10.3. The molecule has 1 fully saturated rings. The molecule has 1 unspecified atom stereocenters. The SMILES string of the molecule is CCC(CN)c1nnc(C)n1C1CCCC1. The molecule has 2 N–H and O–H groups in total. The third-order valence-electron chi connectivity index (χ3n) is 3.72. The third kappa shape index (κ3) is 1.98. The van der Waals surface area contributed by atoms with Crippen LogP contribution in [-0.4, -0.2) is 21.3 Å². The van der Waals surface area contributed by atoms with Crippen LogP contribution in [-0.2, 0) is 0 Å². The summed E-state index contributed by atoms with van der Waals surface area (Å²) in [6, 6.07) is 0.616. The molecule has 1 heterocycles. The molecule has 0 aliphatic heterocycles. The van der Waals surface area contributed by atoms with Crippen LogP contribution in [0.15, 0.2) is 0 Å². The Hall–Kier alpha value is -0.900. The van der Waals surface area contributed by atoms with Gasteiger partial charge in [-0.05, 0) is 26.2 Å². The van der Waals surface area contributed by atoms with Crippen molar-refractivity contribution in [2.45, 2.75) is 57.9 Å². The Morgan fingerprint density at radius 3 is 2.62 bits per heavy atom. The molecule has 0 amide bonds. The van der Waals surface area contributed by atoms with Crippen LogP contribution in [0.3, 0.4) is 0 Å². The normalized spacial score (nSPS) is 19.2. The molecule has 1 saturated carbocycles. The lowest BCUT2D eigenvalue weighted by molar-refractivity contribution is 0.462. The first kappa shape index (κ1) is 11.6. The standard InChI is InChI=1S/C12H22N4/c1-3-10(8-13)12-15-14-9(2)16(12)11-6-4-5-7-11/h10-11H,3-8,13H2,1-2H3. The molecule has 1 atom stereocenters. The number of hydrogen-bond donors (Lipinski definition) is 1. The van der Waals surface area contributed by atoms with Gasteiger partial charge in [-0.2, -0.15) is 0 Å². The summed E-state index contributed by atoms with van der Waals surface area (Å²) in [5.74, 6) is 2.52. The molecule has 0 saturated heterocycles. The van der Waals surface area contributed by atoms with Crippen LogP contribution in [0.1, 0.15) is 62.6 Å². The molecule has 4 heteroatoms. The Bertz CT molecular complexity index is 335. The lowest BCUT2D eigenvalue weighted by Gasteiger charge is -2.19. The first-order valence-corrected chi connectivity index (χ1v) is 6.39. The Balaban J connectivity index is 2.30. The maximum Gasteiger partial charge on any atom is 0.137 e. The third-order valence-corrected chi connectivity index (χ3v) is 3.72. The number of rotatable bonds is 4. The molecule has 1 aliphatic carbocycles. The highest BCUT2D eigenvalue weighted by molar-refractivity contribution is 5.04. The van der Waals surface area contributed by atoms with Crippen molar-refractivity contribution in [2.75, 3.05) is 6.54 Å². The average molecular weight is 222 g/mol. The lowest BCUT2D eigenvalue weighted by atomic mass is 10.1. The molecule has 4 nitrogen and oxygen atoms in total. The fourth-order valence-electron chi connectivity index (χ4n) is 2.73. The highest BCUT2D eigenvalue weighted by Gasteiger charge is 2.25. The van der Waals surface area contributed by atoms with E-state index in [0.717, 1.165) is 18.1 Å². The van der Waals surface area contributed by atoms with E-state index in [1.54, 1.807) is 0 Å². The molecule has 90 valence electrons. The van der Waals surface area contributed by atoms with Gasteiger partial charge in [-0.25, -0.2) is 0 Å². The van der Waals surface area contributed by atoms with Crippen LogP contribution in [0.2, 0.25) is 0 Å². The van der Waals surface area contributed by atoms with E-state index in [-0.39, 0.29) is 0 Å². The predicted octanol–water partition coefficient (Wildman–Crippen LogP) is 2.15. The summed E-state index contributed by atoms with van der Waals surface area (Å²) >= 11 is 0. The molecular weight excluding hydrogens is 200 g/mol. The number of aryl methyl sites for hydroxylation is 1. The van der Waals surface area contributed by atoms with Gasteiger partial charge in [0.15, 0.2) is 0 Å². The van der Waals surface area contributed by atoms with Gasteiger partial charge in [0, 0.05) is 18.5 Å². The molecular formula is C12H22N4. The summed E-state index contributed by atoms with van der Waals surface area (Å²) in [6.07, 6.45) is 6.25. The Morgan fingerprint density at radius 1 is 1.38 bits per heavy atom. The molecule has 1 aromatic heterocycles. The van der Waals surface area contributed by atoms with Gasteiger partial charge in [-0.15, -0.1) is 10.2 Å². The van der Waals surface area contributed by atoms with Gasteiger partial charge in [-0.1, -0.05) is 19.8 Å². The maximum absolute atomic E-state index is 5.81. The minimum absolute atomic E-state index is 0.363. The van der Waals surface area contributed by atoms with Gasteiger partial charge in [-0.3, -0.25) is 0 Å². The number of nitrogens with two attached hydrogens (primary N) is 1. The molecule has 1 aromatic rings. The molecule has 16 heavy (non-hydrogen) atoms. The van der Waals surface area contributed by atoms with E-state index in [2.05, 4.69) is 28.6 Å². The van der Waals surface area contributed by atoms with Gasteiger partial charge in [0.2, 0.25) is 0 Å². The number of hydrogen-bond acceptors (Lipinski definition) is 3. The van der Waals surface area contributed by atoms with Gasteiger partial charge in [0.05, 0.1) is 0 Å². The largest absolute Gasteiger partial charge is 0.330 e. The highest BCUT2D eigenvalue weighted by Crippen LogP contribution is 2.33. The first-order chi connectivity index (χ1) is 7.77. The maximum atomic E-state index is 5.81. The van der Waals surface area contributed by atoms with Crippen LogP contribution in [0.5, 0.6) is 0 Å². The van der Waals surface area contributed by atoms with E-state index >= 15 is 0 Å². The molecule has 0 aromatic carbocycles. The molecule has 0 radical (unpaired) electrons. The van der Waals surface area contributed by atoms with Gasteiger partial charge in [0.1, 0.15) is 11.6 Å². The van der Waals surface area contributed by atoms with Crippen molar-refractivity contribution in [3.63, 3.8) is 0 Å². The Kier molecular flexibility index (Phi) is 3.59.